The molecule has 0 radical (unpaired) electrons. The zero-order valence-electron chi connectivity index (χ0n) is 16.8. The van der Waals surface area contributed by atoms with E-state index in [1.807, 2.05) is 12.1 Å². The Hall–Kier alpha value is -2.68. The first-order valence-corrected chi connectivity index (χ1v) is 12.1. The first kappa shape index (κ1) is 21.5. The lowest BCUT2D eigenvalue weighted by Gasteiger charge is -2.33. The van der Waals surface area contributed by atoms with Crippen LogP contribution in [0.5, 0.6) is 0 Å². The average molecular weight is 459 g/mol. The molecule has 0 aliphatic carbocycles. The van der Waals surface area contributed by atoms with Gasteiger partial charge in [0.15, 0.2) is 9.84 Å². The normalized spacial score (nSPS) is 15.2. The molecule has 1 aliphatic heterocycles. The predicted octanol–water partition coefficient (Wildman–Crippen LogP) is 2.95. The van der Waals surface area contributed by atoms with Crippen LogP contribution in [0.1, 0.15) is 12.8 Å². The molecule has 31 heavy (non-hydrogen) atoms. The molecule has 1 aromatic heterocycles. The van der Waals surface area contributed by atoms with Crippen molar-refractivity contribution < 1.29 is 13.2 Å². The number of fused-ring (bicyclic) bond motifs is 1. The molecule has 2 heterocycles. The van der Waals surface area contributed by atoms with E-state index in [-0.39, 0.29) is 10.9 Å². The fraction of sp³-hybridized carbons (Fsp3) is 0.273. The van der Waals surface area contributed by atoms with Crippen molar-refractivity contribution in [2.75, 3.05) is 23.7 Å². The smallest absolute Gasteiger partial charge is 0.249 e. The molecule has 1 saturated heterocycles. The van der Waals surface area contributed by atoms with Crippen molar-refractivity contribution >= 4 is 43.8 Å². The van der Waals surface area contributed by atoms with E-state index in [9.17, 15) is 13.2 Å². The van der Waals surface area contributed by atoms with Crippen LogP contribution in [0.4, 0.5) is 5.69 Å². The number of nitrogens with zero attached hydrogens (tertiary/aromatic N) is 2. The summed E-state index contributed by atoms with van der Waals surface area (Å²) in [4.78, 5) is 18.7. The van der Waals surface area contributed by atoms with Crippen LogP contribution in [0.15, 0.2) is 65.8 Å². The first-order valence-electron chi connectivity index (χ1n) is 10.0. The topological polar surface area (TPSA) is 91.4 Å². The maximum atomic E-state index is 12.7. The molecule has 0 bridgehead atoms. The lowest BCUT2D eigenvalue weighted by molar-refractivity contribution is -0.119. The molecular weight excluding hydrogens is 436 g/mol. The van der Waals surface area contributed by atoms with Crippen LogP contribution in [0.2, 0.25) is 5.02 Å². The Morgan fingerprint density at radius 1 is 1.03 bits per heavy atom. The van der Waals surface area contributed by atoms with Gasteiger partial charge in [0.2, 0.25) is 5.91 Å². The van der Waals surface area contributed by atoms with Gasteiger partial charge in [0.1, 0.15) is 5.75 Å². The van der Waals surface area contributed by atoms with E-state index in [1.165, 1.54) is 6.07 Å². The van der Waals surface area contributed by atoms with Crippen molar-refractivity contribution in [1.82, 2.24) is 15.8 Å². The molecule has 1 aliphatic rings. The maximum Gasteiger partial charge on any atom is 0.249 e. The van der Waals surface area contributed by atoms with E-state index in [0.29, 0.717) is 5.02 Å². The van der Waals surface area contributed by atoms with Crippen LogP contribution in [0.25, 0.3) is 10.8 Å². The Kier molecular flexibility index (Phi) is 6.41. The van der Waals surface area contributed by atoms with Gasteiger partial charge >= 0.3 is 0 Å². The number of hydrazine groups is 1. The van der Waals surface area contributed by atoms with Crippen molar-refractivity contribution in [3.05, 3.63) is 65.9 Å². The number of anilines is 1. The van der Waals surface area contributed by atoms with E-state index in [4.69, 9.17) is 11.6 Å². The minimum absolute atomic E-state index is 0.0927. The highest BCUT2D eigenvalue weighted by atomic mass is 35.5. The number of amides is 1. The van der Waals surface area contributed by atoms with Crippen LogP contribution in [-0.2, 0) is 14.6 Å². The van der Waals surface area contributed by atoms with Gasteiger partial charge in [-0.05, 0) is 60.0 Å². The number of halogens is 1. The number of hydrogen-bond acceptors (Lipinski definition) is 6. The van der Waals surface area contributed by atoms with Crippen LogP contribution in [0.3, 0.4) is 0 Å². The Morgan fingerprint density at radius 2 is 1.71 bits per heavy atom. The Labute approximate surface area is 186 Å². The van der Waals surface area contributed by atoms with Crippen molar-refractivity contribution in [1.29, 1.82) is 0 Å². The van der Waals surface area contributed by atoms with E-state index >= 15 is 0 Å². The third-order valence-corrected chi connectivity index (χ3v) is 7.24. The fourth-order valence-electron chi connectivity index (χ4n) is 3.70. The van der Waals surface area contributed by atoms with Crippen LogP contribution in [-0.4, -0.2) is 44.2 Å². The summed E-state index contributed by atoms with van der Waals surface area (Å²) in [5, 5.41) is 2.18. The Balaban J connectivity index is 1.30. The van der Waals surface area contributed by atoms with Crippen molar-refractivity contribution in [3.63, 3.8) is 0 Å². The molecular formula is C22H23ClN4O3S. The second-order valence-electron chi connectivity index (χ2n) is 7.57. The van der Waals surface area contributed by atoms with Gasteiger partial charge in [-0.3, -0.25) is 15.2 Å². The number of sulfone groups is 1. The predicted molar refractivity (Wildman–Crippen MR) is 122 cm³/mol. The molecule has 9 heteroatoms. The summed E-state index contributed by atoms with van der Waals surface area (Å²) in [5.74, 6) is -1.19. The molecule has 1 amide bonds. The number of nitrogens with one attached hydrogen (secondary N) is 2. The summed E-state index contributed by atoms with van der Waals surface area (Å²) in [6.45, 7) is 1.69. The monoisotopic (exact) mass is 458 g/mol. The minimum Gasteiger partial charge on any atom is -0.371 e. The molecule has 7 nitrogen and oxygen atoms in total. The molecule has 0 saturated carbocycles. The van der Waals surface area contributed by atoms with Gasteiger partial charge in [-0.15, -0.1) is 0 Å². The molecule has 3 aromatic rings. The summed E-state index contributed by atoms with van der Waals surface area (Å²) in [7, 11) is -3.76. The number of pyridine rings is 1. The van der Waals surface area contributed by atoms with Crippen LogP contribution in [0, 0.1) is 0 Å². The zero-order chi connectivity index (χ0) is 21.8. The number of carbonyl (C=O) groups is 1. The number of rotatable bonds is 6. The second-order valence-corrected chi connectivity index (χ2v) is 10.00. The highest BCUT2D eigenvalue weighted by Crippen LogP contribution is 2.23. The standard InChI is InChI=1S/C22H23ClN4O3S/c23-18-3-1-17-14-21(4-2-16(17)13-18)31(29,30)15-22(28)26-25-19-7-11-27(12-8-19)20-5-9-24-10-6-20/h1-6,9-10,13-14,19,25H,7-8,11-12,15H2,(H,26,28). The molecule has 0 spiro atoms. The lowest BCUT2D eigenvalue weighted by atomic mass is 10.1. The minimum atomic E-state index is -3.76. The van der Waals surface area contributed by atoms with Gasteiger partial charge in [-0.25, -0.2) is 13.8 Å². The number of hydrogen-bond donors (Lipinski definition) is 2. The van der Waals surface area contributed by atoms with Crippen molar-refractivity contribution in [2.24, 2.45) is 0 Å². The number of carbonyl (C=O) groups excluding carboxylic acids is 1. The molecule has 0 atom stereocenters. The maximum absolute atomic E-state index is 12.7. The molecule has 2 N–H and O–H groups in total. The third-order valence-electron chi connectivity index (χ3n) is 5.39. The molecule has 162 valence electrons. The lowest BCUT2D eigenvalue weighted by Crippen LogP contribution is -2.50. The number of piperidine rings is 1. The highest BCUT2D eigenvalue weighted by molar-refractivity contribution is 7.92. The van der Waals surface area contributed by atoms with Gasteiger partial charge in [0.05, 0.1) is 4.90 Å². The average Bonchev–Trinajstić information content (AvgIpc) is 2.78. The molecule has 4 rings (SSSR count). The summed E-state index contributed by atoms with van der Waals surface area (Å²) < 4.78 is 25.4. The van der Waals surface area contributed by atoms with Crippen LogP contribution >= 0.6 is 11.6 Å². The first-order chi connectivity index (χ1) is 14.9. The van der Waals surface area contributed by atoms with Gasteiger partial charge in [-0.1, -0.05) is 23.7 Å². The zero-order valence-corrected chi connectivity index (χ0v) is 18.4. The van der Waals surface area contributed by atoms with Gasteiger partial charge in [0.25, 0.3) is 0 Å². The summed E-state index contributed by atoms with van der Waals surface area (Å²) in [6.07, 6.45) is 5.21. The number of aromatic nitrogens is 1. The largest absolute Gasteiger partial charge is 0.371 e. The summed E-state index contributed by atoms with van der Waals surface area (Å²) in [5.41, 5.74) is 6.68. The van der Waals surface area contributed by atoms with Gasteiger partial charge in [0, 0.05) is 42.2 Å². The second kappa shape index (κ2) is 9.21. The van der Waals surface area contributed by atoms with Crippen LogP contribution < -0.4 is 15.8 Å². The summed E-state index contributed by atoms with van der Waals surface area (Å²) >= 11 is 5.97. The van der Waals surface area contributed by atoms with Gasteiger partial charge < -0.3 is 4.90 Å². The Morgan fingerprint density at radius 3 is 2.45 bits per heavy atom. The van der Waals surface area contributed by atoms with E-state index < -0.39 is 21.5 Å². The van der Waals surface area contributed by atoms with E-state index in [1.54, 1.807) is 42.7 Å². The highest BCUT2D eigenvalue weighted by Gasteiger charge is 2.22. The molecule has 0 unspecified atom stereocenters. The SMILES string of the molecule is O=C(CS(=O)(=O)c1ccc2cc(Cl)ccc2c1)NNC1CCN(c2ccncc2)CC1. The van der Waals surface area contributed by atoms with Crippen molar-refractivity contribution in [2.45, 2.75) is 23.8 Å². The van der Waals surface area contributed by atoms with E-state index in [2.05, 4.69) is 20.7 Å². The molecule has 2 aromatic carbocycles. The number of benzene rings is 2. The quantitative estimate of drug-likeness (QED) is 0.552. The van der Waals surface area contributed by atoms with E-state index in [0.717, 1.165) is 42.4 Å². The van der Waals surface area contributed by atoms with Gasteiger partial charge in [-0.2, -0.15) is 0 Å². The molecule has 1 fully saturated rings. The fourth-order valence-corrected chi connectivity index (χ4v) is 5.05. The summed E-state index contributed by atoms with van der Waals surface area (Å²) in [6, 6.07) is 14.0. The van der Waals surface area contributed by atoms with Crippen molar-refractivity contribution in [3.8, 4) is 0 Å². The third kappa shape index (κ3) is 5.33. The Bertz CT molecular complexity index is 1180.